The molecule has 0 bridgehead atoms. The van der Waals surface area contributed by atoms with E-state index in [2.05, 4.69) is 4.98 Å². The van der Waals surface area contributed by atoms with Gasteiger partial charge in [-0.1, -0.05) is 0 Å². The van der Waals surface area contributed by atoms with E-state index < -0.39 is 0 Å². The first-order valence-corrected chi connectivity index (χ1v) is 5.42. The minimum absolute atomic E-state index is 0.383. The summed E-state index contributed by atoms with van der Waals surface area (Å²) in [5.41, 5.74) is 0.383. The topological polar surface area (TPSA) is 64.4 Å². The molecule has 1 aromatic heterocycles. The number of hydrogen-bond donors (Lipinski definition) is 0. The second-order valence-corrected chi connectivity index (χ2v) is 3.30. The van der Waals surface area contributed by atoms with E-state index in [0.29, 0.717) is 37.9 Å². The maximum absolute atomic E-state index is 8.56. The summed E-state index contributed by atoms with van der Waals surface area (Å²) in [6.45, 7) is 2.38. The molecule has 0 unspecified atom stereocenters. The smallest absolute Gasteiger partial charge is 0.140 e. The standard InChI is InChI=1S/C12H16N2O3/c1-15-5-2-6-16-7-8-17-12-4-3-11(9-13)14-10-12/h3-4,10H,2,5-8H2,1H3. The fourth-order valence-corrected chi connectivity index (χ4v) is 1.16. The molecule has 0 aliphatic heterocycles. The van der Waals surface area contributed by atoms with E-state index in [1.807, 2.05) is 6.07 Å². The van der Waals surface area contributed by atoms with Crippen molar-refractivity contribution < 1.29 is 14.2 Å². The number of aromatic nitrogens is 1. The zero-order valence-corrected chi connectivity index (χ0v) is 9.89. The van der Waals surface area contributed by atoms with Crippen LogP contribution in [0, 0.1) is 11.3 Å². The van der Waals surface area contributed by atoms with Gasteiger partial charge in [-0.25, -0.2) is 4.98 Å². The summed E-state index contributed by atoms with van der Waals surface area (Å²) in [7, 11) is 1.67. The van der Waals surface area contributed by atoms with E-state index in [-0.39, 0.29) is 0 Å². The van der Waals surface area contributed by atoms with Crippen LogP contribution in [0.15, 0.2) is 18.3 Å². The molecular weight excluding hydrogens is 220 g/mol. The zero-order valence-electron chi connectivity index (χ0n) is 9.89. The highest BCUT2D eigenvalue weighted by Gasteiger charge is 1.96. The third-order valence-corrected chi connectivity index (χ3v) is 1.98. The van der Waals surface area contributed by atoms with Crippen LogP contribution in [0.3, 0.4) is 0 Å². The van der Waals surface area contributed by atoms with Crippen LogP contribution in [0.4, 0.5) is 0 Å². The van der Waals surface area contributed by atoms with Gasteiger partial charge in [0.05, 0.1) is 12.8 Å². The quantitative estimate of drug-likeness (QED) is 0.638. The lowest BCUT2D eigenvalue weighted by Gasteiger charge is -2.06. The highest BCUT2D eigenvalue weighted by molar-refractivity contribution is 5.26. The monoisotopic (exact) mass is 236 g/mol. The molecule has 0 amide bonds. The lowest BCUT2D eigenvalue weighted by atomic mass is 10.4. The number of nitrogens with zero attached hydrogens (tertiary/aromatic N) is 2. The Morgan fingerprint density at radius 1 is 1.24 bits per heavy atom. The Morgan fingerprint density at radius 2 is 2.12 bits per heavy atom. The molecule has 0 N–H and O–H groups in total. The molecule has 5 heteroatoms. The number of hydrogen-bond acceptors (Lipinski definition) is 5. The Hall–Kier alpha value is -1.64. The summed E-state index contributed by atoms with van der Waals surface area (Å²) >= 11 is 0. The van der Waals surface area contributed by atoms with Crippen LogP contribution >= 0.6 is 0 Å². The van der Waals surface area contributed by atoms with Gasteiger partial charge in [-0.3, -0.25) is 0 Å². The second kappa shape index (κ2) is 8.50. The Balaban J connectivity index is 2.08. The lowest BCUT2D eigenvalue weighted by Crippen LogP contribution is -2.08. The average molecular weight is 236 g/mol. The van der Waals surface area contributed by atoms with Gasteiger partial charge in [0, 0.05) is 20.3 Å². The SMILES string of the molecule is COCCCOCCOc1ccc(C#N)nc1. The Labute approximate surface area is 101 Å². The fourth-order valence-electron chi connectivity index (χ4n) is 1.16. The summed E-state index contributed by atoms with van der Waals surface area (Å²) in [4.78, 5) is 3.89. The van der Waals surface area contributed by atoms with Crippen molar-refractivity contribution in [1.82, 2.24) is 4.98 Å². The number of nitriles is 1. The van der Waals surface area contributed by atoms with Gasteiger partial charge >= 0.3 is 0 Å². The molecule has 1 aromatic rings. The molecule has 0 fully saturated rings. The molecule has 0 aliphatic carbocycles. The first-order valence-electron chi connectivity index (χ1n) is 5.42. The Bertz CT molecular complexity index is 346. The van der Waals surface area contributed by atoms with E-state index in [1.54, 1.807) is 19.2 Å². The third-order valence-electron chi connectivity index (χ3n) is 1.98. The minimum Gasteiger partial charge on any atom is -0.490 e. The average Bonchev–Trinajstić information content (AvgIpc) is 2.38. The van der Waals surface area contributed by atoms with Gasteiger partial charge in [0.1, 0.15) is 24.1 Å². The Morgan fingerprint density at radius 3 is 2.76 bits per heavy atom. The van der Waals surface area contributed by atoms with Crippen LogP contribution in [-0.2, 0) is 9.47 Å². The van der Waals surface area contributed by atoms with Crippen molar-refractivity contribution in [2.75, 3.05) is 33.5 Å². The van der Waals surface area contributed by atoms with Crippen LogP contribution in [-0.4, -0.2) is 38.5 Å². The van der Waals surface area contributed by atoms with Gasteiger partial charge in [-0.05, 0) is 18.6 Å². The highest BCUT2D eigenvalue weighted by Crippen LogP contribution is 2.08. The van der Waals surface area contributed by atoms with Crippen molar-refractivity contribution in [1.29, 1.82) is 5.26 Å². The van der Waals surface area contributed by atoms with Crippen molar-refractivity contribution in [2.45, 2.75) is 6.42 Å². The summed E-state index contributed by atoms with van der Waals surface area (Å²) in [5.74, 6) is 0.643. The number of methoxy groups -OCH3 is 1. The molecular formula is C12H16N2O3. The summed E-state index contributed by atoms with van der Waals surface area (Å²) < 4.78 is 15.6. The van der Waals surface area contributed by atoms with Crippen LogP contribution in [0.5, 0.6) is 5.75 Å². The van der Waals surface area contributed by atoms with Crippen LogP contribution in [0.2, 0.25) is 0 Å². The van der Waals surface area contributed by atoms with E-state index in [9.17, 15) is 0 Å². The van der Waals surface area contributed by atoms with Crippen molar-refractivity contribution in [3.05, 3.63) is 24.0 Å². The van der Waals surface area contributed by atoms with Gasteiger partial charge in [0.15, 0.2) is 0 Å². The van der Waals surface area contributed by atoms with Crippen molar-refractivity contribution in [2.24, 2.45) is 0 Å². The van der Waals surface area contributed by atoms with Crippen LogP contribution in [0.1, 0.15) is 12.1 Å². The van der Waals surface area contributed by atoms with Gasteiger partial charge in [-0.2, -0.15) is 5.26 Å². The van der Waals surface area contributed by atoms with Crippen LogP contribution in [0.25, 0.3) is 0 Å². The molecule has 0 atom stereocenters. The molecule has 0 spiro atoms. The van der Waals surface area contributed by atoms with E-state index in [4.69, 9.17) is 19.5 Å². The molecule has 0 aromatic carbocycles. The van der Waals surface area contributed by atoms with Crippen molar-refractivity contribution >= 4 is 0 Å². The van der Waals surface area contributed by atoms with E-state index >= 15 is 0 Å². The van der Waals surface area contributed by atoms with Gasteiger partial charge in [0.25, 0.3) is 0 Å². The predicted octanol–water partition coefficient (Wildman–Crippen LogP) is 1.39. The van der Waals surface area contributed by atoms with Gasteiger partial charge in [-0.15, -0.1) is 0 Å². The lowest BCUT2D eigenvalue weighted by molar-refractivity contribution is 0.0805. The zero-order chi connectivity index (χ0) is 12.3. The molecule has 0 radical (unpaired) electrons. The van der Waals surface area contributed by atoms with Gasteiger partial charge < -0.3 is 14.2 Å². The molecule has 1 rings (SSSR count). The highest BCUT2D eigenvalue weighted by atomic mass is 16.5. The first-order chi connectivity index (χ1) is 8.36. The molecule has 5 nitrogen and oxygen atoms in total. The molecule has 17 heavy (non-hydrogen) atoms. The first kappa shape index (κ1) is 13.4. The summed E-state index contributed by atoms with van der Waals surface area (Å²) in [6, 6.07) is 5.29. The molecule has 0 saturated carbocycles. The minimum atomic E-state index is 0.383. The molecule has 92 valence electrons. The van der Waals surface area contributed by atoms with E-state index in [0.717, 1.165) is 6.42 Å². The number of pyridine rings is 1. The van der Waals surface area contributed by atoms with Crippen molar-refractivity contribution in [3.8, 4) is 11.8 Å². The molecule has 1 heterocycles. The van der Waals surface area contributed by atoms with Gasteiger partial charge in [0.2, 0.25) is 0 Å². The summed E-state index contributed by atoms with van der Waals surface area (Å²) in [6.07, 6.45) is 2.42. The third kappa shape index (κ3) is 5.85. The molecule has 0 saturated heterocycles. The molecule has 0 aliphatic rings. The Kier molecular flexibility index (Phi) is 6.72. The predicted molar refractivity (Wildman–Crippen MR) is 61.8 cm³/mol. The van der Waals surface area contributed by atoms with E-state index in [1.165, 1.54) is 6.20 Å². The maximum atomic E-state index is 8.56. The fraction of sp³-hybridized carbons (Fsp3) is 0.500. The maximum Gasteiger partial charge on any atom is 0.140 e. The van der Waals surface area contributed by atoms with Crippen molar-refractivity contribution in [3.63, 3.8) is 0 Å². The number of ether oxygens (including phenoxy) is 3. The van der Waals surface area contributed by atoms with Crippen LogP contribution < -0.4 is 4.74 Å². The largest absolute Gasteiger partial charge is 0.490 e. The second-order valence-electron chi connectivity index (χ2n) is 3.30. The normalized spacial score (nSPS) is 9.88. The number of rotatable bonds is 8. The summed E-state index contributed by atoms with van der Waals surface area (Å²) in [5, 5.41) is 8.56.